The van der Waals surface area contributed by atoms with Gasteiger partial charge in [-0.2, -0.15) is 0 Å². The van der Waals surface area contributed by atoms with Crippen molar-refractivity contribution < 1.29 is 12.1 Å². The van der Waals surface area contributed by atoms with Crippen molar-refractivity contribution in [2.45, 2.75) is 83.2 Å². The van der Waals surface area contributed by atoms with Crippen molar-refractivity contribution in [1.29, 1.82) is 0 Å². The van der Waals surface area contributed by atoms with Gasteiger partial charge in [-0.25, -0.2) is 0 Å². The van der Waals surface area contributed by atoms with Crippen LogP contribution in [0.1, 0.15) is 79.4 Å². The quantitative estimate of drug-likeness (QED) is 0.422. The summed E-state index contributed by atoms with van der Waals surface area (Å²) in [4.78, 5) is 0. The van der Waals surface area contributed by atoms with Gasteiger partial charge in [0, 0.05) is 0 Å². The molecular formula is C22H33Cl2MnN6. The van der Waals surface area contributed by atoms with Crippen LogP contribution in [-0.2, 0) is 33.0 Å². The Morgan fingerprint density at radius 3 is 1.00 bits per heavy atom. The van der Waals surface area contributed by atoms with Crippen molar-refractivity contribution in [3.63, 3.8) is 0 Å². The average Bonchev–Trinajstić information content (AvgIpc) is 3.35. The Balaban J connectivity index is 2.32. The van der Waals surface area contributed by atoms with Crippen molar-refractivity contribution in [2.75, 3.05) is 0 Å². The summed E-state index contributed by atoms with van der Waals surface area (Å²) < 4.78 is 4.36. The van der Waals surface area contributed by atoms with Crippen LogP contribution in [0.4, 0.5) is 0 Å². The SMILES string of the molecule is CC(C)(C)c1ccn([C](n2ccc(C(C)(C)C)n2)(n2ccc(C(C)(C)C)n2)[Mn]([Cl])[Cl])n1. The van der Waals surface area contributed by atoms with Gasteiger partial charge in [0.15, 0.2) is 0 Å². The van der Waals surface area contributed by atoms with E-state index in [9.17, 15) is 0 Å². The Morgan fingerprint density at radius 2 is 0.839 bits per heavy atom. The molecule has 6 nitrogen and oxygen atoms in total. The van der Waals surface area contributed by atoms with Crippen LogP contribution in [0, 0.1) is 0 Å². The maximum atomic E-state index is 6.86. The number of hydrogen-bond acceptors (Lipinski definition) is 3. The van der Waals surface area contributed by atoms with Crippen LogP contribution in [0.15, 0.2) is 36.8 Å². The summed E-state index contributed by atoms with van der Waals surface area (Å²) in [5, 5.41) is 14.8. The van der Waals surface area contributed by atoms with E-state index in [2.05, 4.69) is 62.3 Å². The second-order valence-electron chi connectivity index (χ2n) is 10.9. The summed E-state index contributed by atoms with van der Waals surface area (Å²) in [6.07, 6.45) is 5.77. The van der Waals surface area contributed by atoms with E-state index in [0.717, 1.165) is 17.1 Å². The van der Waals surface area contributed by atoms with Crippen LogP contribution < -0.4 is 0 Å². The summed E-state index contributed by atoms with van der Waals surface area (Å²) >= 11 is -2.17. The predicted molar refractivity (Wildman–Crippen MR) is 123 cm³/mol. The van der Waals surface area contributed by atoms with Crippen LogP contribution in [0.5, 0.6) is 0 Å². The molecule has 0 spiro atoms. The molecule has 0 aliphatic carbocycles. The molecule has 0 bridgehead atoms. The van der Waals surface area contributed by atoms with Crippen LogP contribution in [0.2, 0.25) is 0 Å². The summed E-state index contributed by atoms with van der Waals surface area (Å²) in [5.74, 6) is 0. The zero-order valence-electron chi connectivity index (χ0n) is 19.8. The monoisotopic (exact) mass is 506 g/mol. The second kappa shape index (κ2) is 7.95. The number of aromatic nitrogens is 6. The van der Waals surface area contributed by atoms with Gasteiger partial charge in [0.05, 0.1) is 0 Å². The third-order valence-corrected chi connectivity index (χ3v) is 8.13. The van der Waals surface area contributed by atoms with E-state index in [1.54, 1.807) is 0 Å². The van der Waals surface area contributed by atoms with Crippen molar-refractivity contribution in [2.24, 2.45) is 0 Å². The molecule has 0 saturated heterocycles. The molecule has 0 N–H and O–H groups in total. The Kier molecular flexibility index (Phi) is 6.25. The van der Waals surface area contributed by atoms with Gasteiger partial charge >= 0.3 is 199 Å². The van der Waals surface area contributed by atoms with Crippen molar-refractivity contribution in [3.05, 3.63) is 53.9 Å². The van der Waals surface area contributed by atoms with Gasteiger partial charge in [-0.1, -0.05) is 0 Å². The van der Waals surface area contributed by atoms with E-state index in [1.165, 1.54) is 0 Å². The summed E-state index contributed by atoms with van der Waals surface area (Å²) in [5.41, 5.74) is 2.47. The molecule has 0 aromatic carbocycles. The van der Waals surface area contributed by atoms with E-state index < -0.39 is 16.8 Å². The molecule has 0 amide bonds. The normalized spacial score (nSPS) is 14.2. The molecular weight excluding hydrogens is 474 g/mol. The molecule has 0 atom stereocenters. The molecule has 0 aliphatic heterocycles. The molecule has 3 aromatic rings. The Hall–Kier alpha value is -1.27. The Labute approximate surface area is 198 Å². The fourth-order valence-electron chi connectivity index (χ4n) is 3.16. The number of nitrogens with zero attached hydrogens (tertiary/aromatic N) is 6. The zero-order chi connectivity index (χ0) is 23.4. The van der Waals surface area contributed by atoms with Crippen molar-refractivity contribution in [3.8, 4) is 0 Å². The minimum atomic E-state index is -2.17. The Bertz CT molecular complexity index is 916. The molecule has 0 saturated carbocycles. The van der Waals surface area contributed by atoms with E-state index in [1.807, 2.05) is 50.8 Å². The molecule has 172 valence electrons. The second-order valence-corrected chi connectivity index (χ2v) is 15.3. The molecule has 3 rings (SSSR count). The van der Waals surface area contributed by atoms with Gasteiger partial charge in [0.1, 0.15) is 0 Å². The topological polar surface area (TPSA) is 53.5 Å². The van der Waals surface area contributed by atoms with Crippen LogP contribution >= 0.6 is 20.2 Å². The molecule has 3 heterocycles. The average molecular weight is 507 g/mol. The summed E-state index contributed by atoms with van der Waals surface area (Å²) in [6.45, 7) is 19.2. The molecule has 0 radical (unpaired) electrons. The van der Waals surface area contributed by atoms with E-state index in [-0.39, 0.29) is 16.2 Å². The number of halogens is 2. The van der Waals surface area contributed by atoms with Crippen molar-refractivity contribution >= 4 is 20.2 Å². The van der Waals surface area contributed by atoms with Gasteiger partial charge < -0.3 is 0 Å². The molecule has 0 unspecified atom stereocenters. The fraction of sp³-hybridized carbons (Fsp3) is 0.591. The van der Waals surface area contributed by atoms with E-state index >= 15 is 0 Å². The third-order valence-electron chi connectivity index (χ3n) is 5.14. The van der Waals surface area contributed by atoms with Crippen LogP contribution in [0.25, 0.3) is 0 Å². The first-order valence-electron chi connectivity index (χ1n) is 10.3. The maximum absolute atomic E-state index is 6.86. The van der Waals surface area contributed by atoms with Gasteiger partial charge in [0.2, 0.25) is 0 Å². The van der Waals surface area contributed by atoms with E-state index in [4.69, 9.17) is 35.5 Å². The Morgan fingerprint density at radius 1 is 0.581 bits per heavy atom. The predicted octanol–water partition coefficient (Wildman–Crippen LogP) is 5.76. The zero-order valence-corrected chi connectivity index (χ0v) is 22.5. The summed E-state index contributed by atoms with van der Waals surface area (Å²) in [6, 6.07) is 6.03. The van der Waals surface area contributed by atoms with Crippen molar-refractivity contribution in [1.82, 2.24) is 29.3 Å². The first kappa shape index (κ1) is 24.4. The number of hydrogen-bond donors (Lipinski definition) is 0. The van der Waals surface area contributed by atoms with Gasteiger partial charge in [0.25, 0.3) is 0 Å². The molecule has 31 heavy (non-hydrogen) atoms. The van der Waals surface area contributed by atoms with Crippen LogP contribution in [0.3, 0.4) is 0 Å². The standard InChI is InChI=1S/C22H33N6.2ClH.Mn/c1-20(2,3)16-10-13-26(23-16)19(27-14-11-17(24-27)21(4,5)6)28-15-12-18(25-28)22(7,8)9;;;/h10-15H,1-9H3;2*1H;/q;;;+2/p-2. The molecule has 3 aromatic heterocycles. The fourth-order valence-corrected chi connectivity index (χ4v) is 5.83. The first-order valence-corrected chi connectivity index (χ1v) is 14.1. The van der Waals surface area contributed by atoms with Gasteiger partial charge in [-0.3, -0.25) is 0 Å². The molecule has 0 fully saturated rings. The summed E-state index contributed by atoms with van der Waals surface area (Å²) in [7, 11) is 13.7. The third kappa shape index (κ3) is 4.47. The van der Waals surface area contributed by atoms with Gasteiger partial charge in [-0.15, -0.1) is 0 Å². The van der Waals surface area contributed by atoms with Gasteiger partial charge in [-0.05, 0) is 0 Å². The minimum absolute atomic E-state index is 0.121. The van der Waals surface area contributed by atoms with Crippen LogP contribution in [-0.4, -0.2) is 29.3 Å². The molecule has 0 aliphatic rings. The first-order chi connectivity index (χ1) is 14.1. The number of rotatable bonds is 4. The van der Waals surface area contributed by atoms with E-state index in [0.29, 0.717) is 0 Å². The molecule has 9 heteroatoms.